The molecule has 0 amide bonds. The first-order valence-corrected chi connectivity index (χ1v) is 6.56. The molecule has 0 aliphatic rings. The highest BCUT2D eigenvalue weighted by Gasteiger charge is 2.17. The number of nitrogens with zero attached hydrogens (tertiary/aromatic N) is 2. The lowest BCUT2D eigenvalue weighted by molar-refractivity contribution is 0.367. The van der Waals surface area contributed by atoms with Crippen LogP contribution in [-0.2, 0) is 0 Å². The largest absolute Gasteiger partial charge is 0.337 e. The van der Waals surface area contributed by atoms with E-state index in [0.717, 1.165) is 5.56 Å². The summed E-state index contributed by atoms with van der Waals surface area (Å²) in [5.41, 5.74) is 8.10. The first-order chi connectivity index (χ1) is 10.1. The second kappa shape index (κ2) is 5.46. The van der Waals surface area contributed by atoms with Crippen LogP contribution in [-0.4, -0.2) is 10.1 Å². The van der Waals surface area contributed by atoms with Gasteiger partial charge in [0, 0.05) is 5.56 Å². The van der Waals surface area contributed by atoms with Crippen LogP contribution in [0.4, 0.5) is 4.39 Å². The molecule has 3 rings (SSSR count). The minimum atomic E-state index is -0.497. The second-order valence-electron chi connectivity index (χ2n) is 4.81. The molecule has 0 saturated heterocycles. The number of nitrogens with two attached hydrogens (primary N) is 1. The Morgan fingerprint density at radius 3 is 2.62 bits per heavy atom. The minimum absolute atomic E-state index is 0.300. The van der Waals surface area contributed by atoms with E-state index in [1.165, 1.54) is 6.07 Å². The fourth-order valence-corrected chi connectivity index (χ4v) is 2.01. The van der Waals surface area contributed by atoms with Gasteiger partial charge in [-0.15, -0.1) is 0 Å². The van der Waals surface area contributed by atoms with Gasteiger partial charge < -0.3 is 10.3 Å². The van der Waals surface area contributed by atoms with Crippen molar-refractivity contribution in [2.75, 3.05) is 0 Å². The van der Waals surface area contributed by atoms with E-state index in [1.807, 2.05) is 30.3 Å². The summed E-state index contributed by atoms with van der Waals surface area (Å²) in [6.45, 7) is 1.70. The SMILES string of the molecule is Cc1ccc(-c2noc(C(N)c3ccccc3)n2)cc1F. The molecule has 1 atom stereocenters. The van der Waals surface area contributed by atoms with Crippen LogP contribution in [0.25, 0.3) is 11.4 Å². The Morgan fingerprint density at radius 2 is 1.90 bits per heavy atom. The predicted octanol–water partition coefficient (Wildman–Crippen LogP) is 3.23. The Hall–Kier alpha value is -2.53. The average Bonchev–Trinajstić information content (AvgIpc) is 3.00. The first kappa shape index (κ1) is 13.5. The van der Waals surface area contributed by atoms with Gasteiger partial charge in [-0.25, -0.2) is 4.39 Å². The number of hydrogen-bond donors (Lipinski definition) is 1. The van der Waals surface area contributed by atoms with Crippen molar-refractivity contribution >= 4 is 0 Å². The average molecular weight is 283 g/mol. The minimum Gasteiger partial charge on any atom is -0.337 e. The van der Waals surface area contributed by atoms with Gasteiger partial charge in [0.15, 0.2) is 0 Å². The zero-order chi connectivity index (χ0) is 14.8. The van der Waals surface area contributed by atoms with Crippen LogP contribution in [0.5, 0.6) is 0 Å². The van der Waals surface area contributed by atoms with E-state index in [-0.39, 0.29) is 5.82 Å². The second-order valence-corrected chi connectivity index (χ2v) is 4.81. The summed E-state index contributed by atoms with van der Waals surface area (Å²) in [7, 11) is 0. The number of aryl methyl sites for hydroxylation is 1. The molecule has 5 heteroatoms. The van der Waals surface area contributed by atoms with Gasteiger partial charge in [-0.2, -0.15) is 4.98 Å². The maximum absolute atomic E-state index is 13.6. The van der Waals surface area contributed by atoms with Gasteiger partial charge in [-0.05, 0) is 24.1 Å². The van der Waals surface area contributed by atoms with Gasteiger partial charge in [-0.1, -0.05) is 47.6 Å². The van der Waals surface area contributed by atoms with Gasteiger partial charge in [0.05, 0.1) is 0 Å². The number of benzene rings is 2. The number of rotatable bonds is 3. The van der Waals surface area contributed by atoms with Crippen LogP contribution in [0, 0.1) is 12.7 Å². The van der Waals surface area contributed by atoms with E-state index in [0.29, 0.717) is 22.8 Å². The summed E-state index contributed by atoms with van der Waals surface area (Å²) in [5.74, 6) is 0.332. The van der Waals surface area contributed by atoms with Gasteiger partial charge >= 0.3 is 0 Å². The van der Waals surface area contributed by atoms with E-state index in [4.69, 9.17) is 10.3 Å². The van der Waals surface area contributed by atoms with Crippen molar-refractivity contribution < 1.29 is 8.91 Å². The molecular formula is C16H14FN3O. The Morgan fingerprint density at radius 1 is 1.14 bits per heavy atom. The molecule has 2 aromatic carbocycles. The van der Waals surface area contributed by atoms with Crippen LogP contribution < -0.4 is 5.73 Å². The number of halogens is 1. The van der Waals surface area contributed by atoms with Gasteiger partial charge in [0.1, 0.15) is 11.9 Å². The monoisotopic (exact) mass is 283 g/mol. The Balaban J connectivity index is 1.91. The predicted molar refractivity (Wildman–Crippen MR) is 76.9 cm³/mol. The molecule has 0 bridgehead atoms. The first-order valence-electron chi connectivity index (χ1n) is 6.56. The highest BCUT2D eigenvalue weighted by Crippen LogP contribution is 2.23. The summed E-state index contributed by atoms with van der Waals surface area (Å²) in [5, 5.41) is 3.87. The van der Waals surface area contributed by atoms with Crippen molar-refractivity contribution in [2.24, 2.45) is 5.73 Å². The van der Waals surface area contributed by atoms with Crippen LogP contribution in [0.3, 0.4) is 0 Å². The lowest BCUT2D eigenvalue weighted by atomic mass is 10.1. The molecule has 2 N–H and O–H groups in total. The zero-order valence-electron chi connectivity index (χ0n) is 11.5. The smallest absolute Gasteiger partial charge is 0.248 e. The molecule has 0 saturated carbocycles. The van der Waals surface area contributed by atoms with E-state index in [9.17, 15) is 4.39 Å². The summed E-state index contributed by atoms with van der Waals surface area (Å²) < 4.78 is 18.8. The Kier molecular flexibility index (Phi) is 3.50. The maximum atomic E-state index is 13.6. The standard InChI is InChI=1S/C16H14FN3O/c1-10-7-8-12(9-13(10)17)15-19-16(21-20-15)14(18)11-5-3-2-4-6-11/h2-9,14H,18H2,1H3. The normalized spacial score (nSPS) is 12.3. The van der Waals surface area contributed by atoms with Gasteiger partial charge in [0.2, 0.25) is 11.7 Å². The summed E-state index contributed by atoms with van der Waals surface area (Å²) in [6, 6.07) is 13.8. The van der Waals surface area contributed by atoms with Crippen molar-refractivity contribution in [1.82, 2.24) is 10.1 Å². The third-order valence-electron chi connectivity index (χ3n) is 3.30. The lowest BCUT2D eigenvalue weighted by Crippen LogP contribution is -2.11. The lowest BCUT2D eigenvalue weighted by Gasteiger charge is -2.05. The van der Waals surface area contributed by atoms with Crippen LogP contribution in [0.15, 0.2) is 53.1 Å². The molecule has 106 valence electrons. The molecule has 1 heterocycles. The van der Waals surface area contributed by atoms with Crippen molar-refractivity contribution in [3.05, 3.63) is 71.4 Å². The van der Waals surface area contributed by atoms with Crippen molar-refractivity contribution in [3.8, 4) is 11.4 Å². The molecule has 0 aliphatic carbocycles. The van der Waals surface area contributed by atoms with Crippen molar-refractivity contribution in [3.63, 3.8) is 0 Å². The van der Waals surface area contributed by atoms with E-state index >= 15 is 0 Å². The Labute approximate surface area is 121 Å². The molecule has 0 fully saturated rings. The highest BCUT2D eigenvalue weighted by molar-refractivity contribution is 5.55. The quantitative estimate of drug-likeness (QED) is 0.801. The van der Waals surface area contributed by atoms with E-state index in [1.54, 1.807) is 19.1 Å². The summed E-state index contributed by atoms with van der Waals surface area (Å²) in [6.07, 6.45) is 0. The summed E-state index contributed by atoms with van der Waals surface area (Å²) >= 11 is 0. The summed E-state index contributed by atoms with van der Waals surface area (Å²) in [4.78, 5) is 4.26. The highest BCUT2D eigenvalue weighted by atomic mass is 19.1. The molecule has 1 aromatic heterocycles. The molecule has 21 heavy (non-hydrogen) atoms. The molecule has 0 aliphatic heterocycles. The molecule has 0 spiro atoms. The van der Waals surface area contributed by atoms with Gasteiger partial charge in [-0.3, -0.25) is 0 Å². The zero-order valence-corrected chi connectivity index (χ0v) is 11.5. The van der Waals surface area contributed by atoms with E-state index < -0.39 is 6.04 Å². The molecule has 1 unspecified atom stereocenters. The van der Waals surface area contributed by atoms with E-state index in [2.05, 4.69) is 10.1 Å². The fourth-order valence-electron chi connectivity index (χ4n) is 2.01. The van der Waals surface area contributed by atoms with Crippen molar-refractivity contribution in [1.29, 1.82) is 0 Å². The third-order valence-corrected chi connectivity index (χ3v) is 3.30. The van der Waals surface area contributed by atoms with Gasteiger partial charge in [0.25, 0.3) is 0 Å². The molecule has 4 nitrogen and oxygen atoms in total. The molecule has 0 radical (unpaired) electrons. The topological polar surface area (TPSA) is 64.9 Å². The van der Waals surface area contributed by atoms with Crippen LogP contribution >= 0.6 is 0 Å². The van der Waals surface area contributed by atoms with Crippen molar-refractivity contribution in [2.45, 2.75) is 13.0 Å². The molecule has 3 aromatic rings. The number of aromatic nitrogens is 2. The maximum Gasteiger partial charge on any atom is 0.248 e. The van der Waals surface area contributed by atoms with Crippen LogP contribution in [0.2, 0.25) is 0 Å². The third kappa shape index (κ3) is 2.68. The number of hydrogen-bond acceptors (Lipinski definition) is 4. The fraction of sp³-hybridized carbons (Fsp3) is 0.125. The van der Waals surface area contributed by atoms with Crippen LogP contribution in [0.1, 0.15) is 23.1 Å². The molecular weight excluding hydrogens is 269 g/mol. The Bertz CT molecular complexity index is 755.